The Hall–Kier alpha value is -2.79. The van der Waals surface area contributed by atoms with E-state index in [1.165, 1.54) is 17.0 Å². The lowest BCUT2D eigenvalue weighted by Crippen LogP contribution is -2.52. The van der Waals surface area contributed by atoms with Gasteiger partial charge in [-0.2, -0.15) is 0 Å². The molecule has 226 valence electrons. The average Bonchev–Trinajstić information content (AvgIpc) is 2.97. The summed E-state index contributed by atoms with van der Waals surface area (Å²) < 4.78 is 35.2. The van der Waals surface area contributed by atoms with E-state index in [9.17, 15) is 18.0 Å². The molecule has 0 saturated carbocycles. The molecule has 12 heteroatoms. The van der Waals surface area contributed by atoms with Gasteiger partial charge in [0.15, 0.2) is 0 Å². The van der Waals surface area contributed by atoms with Gasteiger partial charge in [-0.25, -0.2) is 8.42 Å². The number of ether oxygens (including phenoxy) is 1. The van der Waals surface area contributed by atoms with E-state index < -0.39 is 28.5 Å². The number of carbonyl (C=O) groups excluding carboxylic acids is 2. The zero-order valence-electron chi connectivity index (χ0n) is 23.6. The highest BCUT2D eigenvalue weighted by Gasteiger charge is 2.33. The number of nitrogens with one attached hydrogen (secondary N) is 1. The van der Waals surface area contributed by atoms with Crippen LogP contribution in [0.3, 0.4) is 0 Å². The summed E-state index contributed by atoms with van der Waals surface area (Å²) in [4.78, 5) is 28.7. The molecule has 2 amide bonds. The Bertz CT molecular complexity index is 1470. The van der Waals surface area contributed by atoms with E-state index in [-0.39, 0.29) is 23.0 Å². The van der Waals surface area contributed by atoms with E-state index in [1.807, 2.05) is 13.8 Å². The summed E-state index contributed by atoms with van der Waals surface area (Å²) >= 11 is 15.7. The molecule has 0 aliphatic heterocycles. The molecule has 0 heterocycles. The lowest BCUT2D eigenvalue weighted by molar-refractivity contribution is -0.140. The first kappa shape index (κ1) is 33.7. The zero-order chi connectivity index (χ0) is 30.9. The molecule has 3 aromatic rings. The highest BCUT2D eigenvalue weighted by Crippen LogP contribution is 2.28. The molecular formula is C30H34BrCl2N3O5S. The Morgan fingerprint density at radius 2 is 1.62 bits per heavy atom. The quantitative estimate of drug-likeness (QED) is 0.203. The topological polar surface area (TPSA) is 96.0 Å². The van der Waals surface area contributed by atoms with Crippen LogP contribution in [0.25, 0.3) is 0 Å². The summed E-state index contributed by atoms with van der Waals surface area (Å²) in [5.41, 5.74) is 0.913. The van der Waals surface area contributed by atoms with Gasteiger partial charge in [0.1, 0.15) is 18.3 Å². The Morgan fingerprint density at radius 3 is 2.19 bits per heavy atom. The fourth-order valence-electron chi connectivity index (χ4n) is 4.26. The van der Waals surface area contributed by atoms with Gasteiger partial charge in [0, 0.05) is 17.6 Å². The van der Waals surface area contributed by atoms with Crippen molar-refractivity contribution in [2.75, 3.05) is 24.0 Å². The number of hydrogen-bond donors (Lipinski definition) is 1. The Labute approximate surface area is 266 Å². The number of sulfonamides is 1. The number of anilines is 1. The van der Waals surface area contributed by atoms with E-state index in [0.717, 1.165) is 10.7 Å². The Kier molecular flexibility index (Phi) is 12.5. The van der Waals surface area contributed by atoms with Crippen molar-refractivity contribution < 1.29 is 22.7 Å². The molecule has 0 unspecified atom stereocenters. The molecule has 0 aliphatic rings. The van der Waals surface area contributed by atoms with Crippen LogP contribution in [0.5, 0.6) is 5.75 Å². The summed E-state index contributed by atoms with van der Waals surface area (Å²) in [6.45, 7) is 5.94. The molecule has 0 aliphatic carbocycles. The van der Waals surface area contributed by atoms with E-state index in [1.54, 1.807) is 61.5 Å². The maximum atomic E-state index is 14.1. The van der Waals surface area contributed by atoms with Crippen LogP contribution in [0.15, 0.2) is 76.1 Å². The molecular weight excluding hydrogens is 665 g/mol. The van der Waals surface area contributed by atoms with Gasteiger partial charge < -0.3 is 15.0 Å². The fourth-order valence-corrected chi connectivity index (χ4v) is 6.26. The minimum absolute atomic E-state index is 0.0103. The second kappa shape index (κ2) is 15.6. The van der Waals surface area contributed by atoms with Crippen molar-refractivity contribution >= 4 is 66.7 Å². The van der Waals surface area contributed by atoms with Crippen LogP contribution in [0, 0.1) is 0 Å². The molecule has 8 nitrogen and oxygen atoms in total. The normalized spacial score (nSPS) is 12.0. The van der Waals surface area contributed by atoms with Crippen LogP contribution in [0.4, 0.5) is 5.69 Å². The second-order valence-electron chi connectivity index (χ2n) is 9.38. The maximum absolute atomic E-state index is 14.1. The van der Waals surface area contributed by atoms with Gasteiger partial charge in [0.05, 0.1) is 27.2 Å². The predicted molar refractivity (Wildman–Crippen MR) is 171 cm³/mol. The van der Waals surface area contributed by atoms with E-state index >= 15 is 0 Å². The van der Waals surface area contributed by atoms with Gasteiger partial charge in [-0.15, -0.1) is 0 Å². The number of hydrogen-bond acceptors (Lipinski definition) is 5. The van der Waals surface area contributed by atoms with Crippen LogP contribution in [0.2, 0.25) is 10.0 Å². The van der Waals surface area contributed by atoms with Crippen molar-refractivity contribution in [1.82, 2.24) is 10.2 Å². The third-order valence-corrected chi connectivity index (χ3v) is 9.44. The SMILES string of the molecule is CCCNC(=O)[C@@H](CC)N(Cc1ccc(Cl)c(Cl)c1)C(=O)CN(c1ccc(OCC)cc1)S(=O)(=O)c1ccc(Br)cc1. The second-order valence-corrected chi connectivity index (χ2v) is 13.0. The first-order valence-corrected chi connectivity index (χ1v) is 16.5. The first-order chi connectivity index (χ1) is 20.0. The molecule has 1 N–H and O–H groups in total. The molecule has 1 atom stereocenters. The smallest absolute Gasteiger partial charge is 0.264 e. The molecule has 0 radical (unpaired) electrons. The van der Waals surface area contributed by atoms with Gasteiger partial charge in [-0.05, 0) is 86.0 Å². The van der Waals surface area contributed by atoms with Crippen LogP contribution in [0.1, 0.15) is 39.2 Å². The summed E-state index contributed by atoms with van der Waals surface area (Å²) in [6, 6.07) is 16.7. The fraction of sp³-hybridized carbons (Fsp3) is 0.333. The average molecular weight is 699 g/mol. The van der Waals surface area contributed by atoms with Crippen molar-refractivity contribution in [2.45, 2.75) is 51.1 Å². The third-order valence-electron chi connectivity index (χ3n) is 6.39. The van der Waals surface area contributed by atoms with Crippen LogP contribution < -0.4 is 14.4 Å². The van der Waals surface area contributed by atoms with E-state index in [4.69, 9.17) is 27.9 Å². The molecule has 0 saturated heterocycles. The van der Waals surface area contributed by atoms with Crippen molar-refractivity contribution in [3.05, 3.63) is 86.8 Å². The zero-order valence-corrected chi connectivity index (χ0v) is 27.6. The van der Waals surface area contributed by atoms with Crippen molar-refractivity contribution in [1.29, 1.82) is 0 Å². The minimum Gasteiger partial charge on any atom is -0.494 e. The van der Waals surface area contributed by atoms with E-state index in [2.05, 4.69) is 21.2 Å². The van der Waals surface area contributed by atoms with Crippen LogP contribution >= 0.6 is 39.1 Å². The van der Waals surface area contributed by atoms with Crippen LogP contribution in [-0.4, -0.2) is 50.9 Å². The van der Waals surface area contributed by atoms with Gasteiger partial charge >= 0.3 is 0 Å². The van der Waals surface area contributed by atoms with Crippen molar-refractivity contribution in [3.8, 4) is 5.75 Å². The number of amides is 2. The van der Waals surface area contributed by atoms with Gasteiger partial charge in [0.25, 0.3) is 10.0 Å². The Balaban J connectivity index is 2.06. The van der Waals surface area contributed by atoms with Crippen molar-refractivity contribution in [3.63, 3.8) is 0 Å². The number of benzene rings is 3. The van der Waals surface area contributed by atoms with Gasteiger partial charge in [0.2, 0.25) is 11.8 Å². The molecule has 0 bridgehead atoms. The highest BCUT2D eigenvalue weighted by molar-refractivity contribution is 9.10. The van der Waals surface area contributed by atoms with E-state index in [0.29, 0.717) is 45.4 Å². The Morgan fingerprint density at radius 1 is 0.952 bits per heavy atom. The number of halogens is 3. The van der Waals surface area contributed by atoms with Crippen molar-refractivity contribution in [2.24, 2.45) is 0 Å². The summed E-state index contributed by atoms with van der Waals surface area (Å²) in [5.74, 6) is -0.321. The number of rotatable bonds is 14. The van der Waals surface area contributed by atoms with Crippen LogP contribution in [-0.2, 0) is 26.2 Å². The molecule has 0 aromatic heterocycles. The number of nitrogens with zero attached hydrogens (tertiary/aromatic N) is 2. The third kappa shape index (κ3) is 8.63. The predicted octanol–water partition coefficient (Wildman–Crippen LogP) is 6.68. The van der Waals surface area contributed by atoms with Gasteiger partial charge in [-0.1, -0.05) is 59.0 Å². The minimum atomic E-state index is -4.19. The monoisotopic (exact) mass is 697 g/mol. The molecule has 0 fully saturated rings. The summed E-state index contributed by atoms with van der Waals surface area (Å²) in [5, 5.41) is 3.52. The lowest BCUT2D eigenvalue weighted by Gasteiger charge is -2.33. The lowest BCUT2D eigenvalue weighted by atomic mass is 10.1. The molecule has 42 heavy (non-hydrogen) atoms. The summed E-state index contributed by atoms with van der Waals surface area (Å²) in [6.07, 6.45) is 1.03. The summed E-state index contributed by atoms with van der Waals surface area (Å²) in [7, 11) is -4.19. The highest BCUT2D eigenvalue weighted by atomic mass is 79.9. The maximum Gasteiger partial charge on any atom is 0.264 e. The first-order valence-electron chi connectivity index (χ1n) is 13.5. The standard InChI is InChI=1S/C30H34BrCl2N3O5S/c1-4-17-34-30(38)28(5-2)35(19-21-7-16-26(32)27(33)18-21)29(37)20-36(23-10-12-24(13-11-23)41-6-3)42(39,40)25-14-8-22(31)9-15-25/h7-16,18,28H,4-6,17,19-20H2,1-3H3,(H,34,38)/t28-/m1/s1. The molecule has 0 spiro atoms. The number of carbonyl (C=O) groups is 2. The largest absolute Gasteiger partial charge is 0.494 e. The van der Waals surface area contributed by atoms with Gasteiger partial charge in [-0.3, -0.25) is 13.9 Å². The molecule has 3 aromatic carbocycles. The molecule has 3 rings (SSSR count).